The first-order chi connectivity index (χ1) is 9.41. The van der Waals surface area contributed by atoms with Crippen molar-refractivity contribution >= 4 is 27.4 Å². The van der Waals surface area contributed by atoms with E-state index in [1.807, 2.05) is 13.8 Å². The number of hydrogen-bond acceptors (Lipinski definition) is 5. The zero-order valence-corrected chi connectivity index (χ0v) is 12.6. The predicted molar refractivity (Wildman–Crippen MR) is 80.3 cm³/mol. The molecule has 0 unspecified atom stereocenters. The van der Waals surface area contributed by atoms with Crippen LogP contribution in [0, 0.1) is 10.1 Å². The molecule has 1 aromatic carbocycles. The van der Waals surface area contributed by atoms with Crippen molar-refractivity contribution in [3.8, 4) is 11.4 Å². The van der Waals surface area contributed by atoms with E-state index in [0.29, 0.717) is 10.0 Å². The largest absolute Gasteiger partial charge is 0.383 e. The van der Waals surface area contributed by atoms with Crippen LogP contribution in [-0.2, 0) is 0 Å². The van der Waals surface area contributed by atoms with Gasteiger partial charge in [0.2, 0.25) is 0 Å². The summed E-state index contributed by atoms with van der Waals surface area (Å²) in [4.78, 5) is 19.2. The number of nitrogens with zero attached hydrogens (tertiary/aromatic N) is 3. The Balaban J connectivity index is 2.68. The highest BCUT2D eigenvalue weighted by molar-refractivity contribution is 9.10. The normalized spacial score (nSPS) is 10.8. The van der Waals surface area contributed by atoms with Crippen molar-refractivity contribution in [3.63, 3.8) is 0 Å². The number of halogens is 1. The lowest BCUT2D eigenvalue weighted by molar-refractivity contribution is -0.384. The standard InChI is InChI=1S/C13H13BrN4O2/c1-7(2)11-10(14)12(15)17-13(16-11)8-5-3-4-6-9(8)18(19)20/h3-7H,1-2H3,(H2,15,16,17). The molecule has 0 aliphatic heterocycles. The minimum atomic E-state index is -0.452. The maximum absolute atomic E-state index is 11.1. The van der Waals surface area contributed by atoms with Crippen molar-refractivity contribution in [3.05, 3.63) is 44.5 Å². The monoisotopic (exact) mass is 336 g/mol. The summed E-state index contributed by atoms with van der Waals surface area (Å²) in [7, 11) is 0. The number of rotatable bonds is 3. The highest BCUT2D eigenvalue weighted by atomic mass is 79.9. The van der Waals surface area contributed by atoms with Gasteiger partial charge in [0.15, 0.2) is 5.82 Å². The Hall–Kier alpha value is -2.02. The van der Waals surface area contributed by atoms with Crippen LogP contribution in [0.15, 0.2) is 28.7 Å². The zero-order valence-electron chi connectivity index (χ0n) is 11.0. The molecule has 2 rings (SSSR count). The van der Waals surface area contributed by atoms with Gasteiger partial charge in [0, 0.05) is 6.07 Å². The van der Waals surface area contributed by atoms with Gasteiger partial charge in [-0.25, -0.2) is 9.97 Å². The van der Waals surface area contributed by atoms with Gasteiger partial charge in [0.05, 0.1) is 20.7 Å². The summed E-state index contributed by atoms with van der Waals surface area (Å²) in [5.41, 5.74) is 6.90. The van der Waals surface area contributed by atoms with Crippen molar-refractivity contribution in [2.24, 2.45) is 0 Å². The van der Waals surface area contributed by atoms with Crippen molar-refractivity contribution in [1.82, 2.24) is 9.97 Å². The molecule has 0 saturated carbocycles. The Labute approximate surface area is 124 Å². The van der Waals surface area contributed by atoms with Crippen molar-refractivity contribution in [2.75, 3.05) is 5.73 Å². The average molecular weight is 337 g/mol. The number of aromatic nitrogens is 2. The molecule has 0 spiro atoms. The molecular weight excluding hydrogens is 324 g/mol. The topological polar surface area (TPSA) is 94.9 Å². The van der Waals surface area contributed by atoms with Crippen LogP contribution >= 0.6 is 15.9 Å². The van der Waals surface area contributed by atoms with Gasteiger partial charge in [-0.2, -0.15) is 0 Å². The second-order valence-electron chi connectivity index (χ2n) is 4.56. The van der Waals surface area contributed by atoms with E-state index in [2.05, 4.69) is 25.9 Å². The van der Waals surface area contributed by atoms with E-state index < -0.39 is 4.92 Å². The van der Waals surface area contributed by atoms with Gasteiger partial charge in [-0.05, 0) is 27.9 Å². The molecule has 1 heterocycles. The molecule has 1 aromatic heterocycles. The van der Waals surface area contributed by atoms with E-state index in [0.717, 1.165) is 5.69 Å². The first kappa shape index (κ1) is 14.4. The van der Waals surface area contributed by atoms with Crippen LogP contribution in [0.5, 0.6) is 0 Å². The number of nitrogen functional groups attached to an aromatic ring is 1. The number of nitrogens with two attached hydrogens (primary N) is 1. The molecule has 2 N–H and O–H groups in total. The SMILES string of the molecule is CC(C)c1nc(-c2ccccc2[N+](=O)[O-])nc(N)c1Br. The maximum Gasteiger partial charge on any atom is 0.280 e. The van der Waals surface area contributed by atoms with E-state index in [1.165, 1.54) is 6.07 Å². The van der Waals surface area contributed by atoms with Crippen LogP contribution < -0.4 is 5.73 Å². The van der Waals surface area contributed by atoms with Crippen LogP contribution in [0.25, 0.3) is 11.4 Å². The van der Waals surface area contributed by atoms with Gasteiger partial charge in [-0.3, -0.25) is 10.1 Å². The van der Waals surface area contributed by atoms with Crippen LogP contribution in [0.4, 0.5) is 11.5 Å². The van der Waals surface area contributed by atoms with Gasteiger partial charge in [0.25, 0.3) is 5.69 Å². The molecule has 6 nitrogen and oxygen atoms in total. The number of para-hydroxylation sites is 1. The average Bonchev–Trinajstić information content (AvgIpc) is 2.41. The van der Waals surface area contributed by atoms with Gasteiger partial charge in [0.1, 0.15) is 5.82 Å². The maximum atomic E-state index is 11.1. The van der Waals surface area contributed by atoms with Crippen LogP contribution in [-0.4, -0.2) is 14.9 Å². The third kappa shape index (κ3) is 2.62. The van der Waals surface area contributed by atoms with Gasteiger partial charge in [-0.15, -0.1) is 0 Å². The summed E-state index contributed by atoms with van der Waals surface area (Å²) in [5.74, 6) is 0.662. The zero-order chi connectivity index (χ0) is 14.9. The van der Waals surface area contributed by atoms with E-state index in [9.17, 15) is 10.1 Å². The van der Waals surface area contributed by atoms with Crippen molar-refractivity contribution in [1.29, 1.82) is 0 Å². The lowest BCUT2D eigenvalue weighted by Crippen LogP contribution is -2.05. The Morgan fingerprint density at radius 3 is 2.55 bits per heavy atom. The molecule has 2 aromatic rings. The molecule has 7 heteroatoms. The van der Waals surface area contributed by atoms with Crippen LogP contribution in [0.2, 0.25) is 0 Å². The summed E-state index contributed by atoms with van der Waals surface area (Å²) in [6, 6.07) is 6.35. The first-order valence-electron chi connectivity index (χ1n) is 5.98. The fraction of sp³-hybridized carbons (Fsp3) is 0.231. The summed E-state index contributed by atoms with van der Waals surface area (Å²) >= 11 is 3.35. The summed E-state index contributed by atoms with van der Waals surface area (Å²) in [6.07, 6.45) is 0. The molecule has 0 bridgehead atoms. The highest BCUT2D eigenvalue weighted by Gasteiger charge is 2.20. The Kier molecular flexibility index (Phi) is 3.99. The van der Waals surface area contributed by atoms with Crippen LogP contribution in [0.3, 0.4) is 0 Å². The number of nitro groups is 1. The van der Waals surface area contributed by atoms with Crippen molar-refractivity contribution in [2.45, 2.75) is 19.8 Å². The minimum absolute atomic E-state index is 0.0380. The number of nitro benzene ring substituents is 1. The Bertz CT molecular complexity index is 673. The molecule has 104 valence electrons. The second kappa shape index (κ2) is 5.54. The number of benzene rings is 1. The molecule has 0 saturated heterocycles. The van der Waals surface area contributed by atoms with Crippen LogP contribution in [0.1, 0.15) is 25.5 Å². The lowest BCUT2D eigenvalue weighted by Gasteiger charge is -2.11. The Morgan fingerprint density at radius 2 is 1.95 bits per heavy atom. The number of anilines is 1. The van der Waals surface area contributed by atoms with Gasteiger partial charge in [-0.1, -0.05) is 26.0 Å². The van der Waals surface area contributed by atoms with E-state index >= 15 is 0 Å². The Morgan fingerprint density at radius 1 is 1.30 bits per heavy atom. The lowest BCUT2D eigenvalue weighted by atomic mass is 10.1. The molecule has 0 atom stereocenters. The van der Waals surface area contributed by atoms with E-state index in [4.69, 9.17) is 5.73 Å². The molecule has 0 radical (unpaired) electrons. The predicted octanol–water partition coefficient (Wildman–Crippen LogP) is 3.52. The highest BCUT2D eigenvalue weighted by Crippen LogP contribution is 2.32. The van der Waals surface area contributed by atoms with E-state index in [1.54, 1.807) is 18.2 Å². The van der Waals surface area contributed by atoms with Crippen molar-refractivity contribution < 1.29 is 4.92 Å². The first-order valence-corrected chi connectivity index (χ1v) is 6.77. The smallest absolute Gasteiger partial charge is 0.280 e. The molecule has 0 aliphatic rings. The second-order valence-corrected chi connectivity index (χ2v) is 5.35. The summed E-state index contributed by atoms with van der Waals surface area (Å²) in [6.45, 7) is 3.94. The molecule has 0 fully saturated rings. The van der Waals surface area contributed by atoms with E-state index in [-0.39, 0.29) is 23.2 Å². The summed E-state index contributed by atoms with van der Waals surface area (Å²) < 4.78 is 0.634. The fourth-order valence-electron chi connectivity index (χ4n) is 1.81. The summed E-state index contributed by atoms with van der Waals surface area (Å²) in [5, 5.41) is 11.1. The quantitative estimate of drug-likeness (QED) is 0.683. The van der Waals surface area contributed by atoms with Gasteiger partial charge >= 0.3 is 0 Å². The number of hydrogen-bond donors (Lipinski definition) is 1. The minimum Gasteiger partial charge on any atom is -0.383 e. The molecular formula is C13H13BrN4O2. The third-order valence-electron chi connectivity index (χ3n) is 2.79. The molecule has 20 heavy (non-hydrogen) atoms. The third-order valence-corrected chi connectivity index (χ3v) is 3.60. The fourth-order valence-corrected chi connectivity index (χ4v) is 2.44. The van der Waals surface area contributed by atoms with Gasteiger partial charge < -0.3 is 5.73 Å². The molecule has 0 aliphatic carbocycles. The molecule has 0 amide bonds.